The molecule has 0 radical (unpaired) electrons. The van der Waals surface area contributed by atoms with Crippen LogP contribution in [-0.2, 0) is 11.2 Å². The van der Waals surface area contributed by atoms with Crippen molar-refractivity contribution in [3.8, 4) is 11.5 Å². The van der Waals surface area contributed by atoms with Gasteiger partial charge < -0.3 is 9.47 Å². The van der Waals surface area contributed by atoms with Crippen LogP contribution in [0.5, 0.6) is 11.5 Å². The number of fused-ring (bicyclic) bond motifs is 2. The van der Waals surface area contributed by atoms with E-state index in [1.54, 1.807) is 36.4 Å². The minimum atomic E-state index is -0.346. The highest BCUT2D eigenvalue weighted by Crippen LogP contribution is 2.35. The smallest absolute Gasteiger partial charge is 0.280 e. The van der Waals surface area contributed by atoms with E-state index in [0.29, 0.717) is 35.6 Å². The van der Waals surface area contributed by atoms with Crippen molar-refractivity contribution < 1.29 is 14.3 Å². The van der Waals surface area contributed by atoms with Gasteiger partial charge in [-0.2, -0.15) is 0 Å². The molecule has 2 aromatic carbocycles. The number of rotatable bonds is 3. The normalized spacial score (nSPS) is 12.8. The van der Waals surface area contributed by atoms with E-state index in [2.05, 4.69) is 26.3 Å². The summed E-state index contributed by atoms with van der Waals surface area (Å²) >= 11 is 3.44. The maximum atomic E-state index is 12.4. The first kappa shape index (κ1) is 16.6. The number of aromatic nitrogens is 2. The SMILES string of the molecule is O=C(Cc1cc2c(cc1Br)OCCO2)Nn1cnc2ccccc2c1=O. The fourth-order valence-corrected chi connectivity index (χ4v) is 3.20. The minimum Gasteiger partial charge on any atom is -0.486 e. The number of nitrogens with zero attached hydrogens (tertiary/aromatic N) is 2. The maximum Gasteiger partial charge on any atom is 0.280 e. The van der Waals surface area contributed by atoms with E-state index in [0.717, 1.165) is 14.7 Å². The molecule has 4 rings (SSSR count). The lowest BCUT2D eigenvalue weighted by atomic mass is 10.1. The molecule has 0 unspecified atom stereocenters. The number of halogens is 1. The second kappa shape index (κ2) is 6.80. The number of carbonyl (C=O) groups excluding carboxylic acids is 1. The van der Waals surface area contributed by atoms with Gasteiger partial charge in [0, 0.05) is 4.47 Å². The molecule has 7 nitrogen and oxygen atoms in total. The molecular formula is C18H14BrN3O4. The number of hydrogen-bond donors (Lipinski definition) is 1. The Balaban J connectivity index is 1.56. The van der Waals surface area contributed by atoms with Crippen molar-refractivity contribution >= 4 is 32.7 Å². The number of hydrogen-bond acceptors (Lipinski definition) is 5. The molecule has 3 aromatic rings. The average Bonchev–Trinajstić information content (AvgIpc) is 2.65. The molecule has 0 saturated carbocycles. The molecule has 0 atom stereocenters. The molecule has 1 aliphatic rings. The van der Waals surface area contributed by atoms with Crippen LogP contribution < -0.4 is 20.5 Å². The first-order valence-corrected chi connectivity index (χ1v) is 8.75. The number of para-hydroxylation sites is 1. The molecule has 0 bridgehead atoms. The number of ether oxygens (including phenoxy) is 2. The first-order valence-electron chi connectivity index (χ1n) is 7.96. The molecule has 132 valence electrons. The van der Waals surface area contributed by atoms with Crippen LogP contribution in [0, 0.1) is 0 Å². The summed E-state index contributed by atoms with van der Waals surface area (Å²) in [5.41, 5.74) is 3.55. The van der Waals surface area contributed by atoms with E-state index in [1.165, 1.54) is 6.33 Å². The monoisotopic (exact) mass is 415 g/mol. The second-order valence-corrected chi connectivity index (χ2v) is 6.59. The minimum absolute atomic E-state index is 0.0660. The largest absolute Gasteiger partial charge is 0.486 e. The summed E-state index contributed by atoms with van der Waals surface area (Å²) in [4.78, 5) is 29.0. The van der Waals surface area contributed by atoms with Crippen LogP contribution in [0.1, 0.15) is 5.56 Å². The van der Waals surface area contributed by atoms with Gasteiger partial charge in [0.2, 0.25) is 5.91 Å². The molecule has 0 saturated heterocycles. The van der Waals surface area contributed by atoms with Crippen LogP contribution in [0.15, 0.2) is 52.0 Å². The summed E-state index contributed by atoms with van der Waals surface area (Å²) in [5.74, 6) is 0.899. The Labute approximate surface area is 156 Å². The molecular weight excluding hydrogens is 402 g/mol. The lowest BCUT2D eigenvalue weighted by Gasteiger charge is -2.20. The van der Waals surface area contributed by atoms with E-state index in [4.69, 9.17) is 9.47 Å². The Kier molecular flexibility index (Phi) is 4.34. The summed E-state index contributed by atoms with van der Waals surface area (Å²) in [6.07, 6.45) is 1.37. The highest BCUT2D eigenvalue weighted by atomic mass is 79.9. The lowest BCUT2D eigenvalue weighted by Crippen LogP contribution is -2.34. The van der Waals surface area contributed by atoms with Crippen molar-refractivity contribution in [1.29, 1.82) is 0 Å². The van der Waals surface area contributed by atoms with Crippen molar-refractivity contribution in [2.24, 2.45) is 0 Å². The van der Waals surface area contributed by atoms with Crippen molar-refractivity contribution in [3.05, 3.63) is 63.1 Å². The molecule has 1 aromatic heterocycles. The van der Waals surface area contributed by atoms with Gasteiger partial charge in [0.05, 0.1) is 17.3 Å². The molecule has 26 heavy (non-hydrogen) atoms. The van der Waals surface area contributed by atoms with Crippen LogP contribution in [0.3, 0.4) is 0 Å². The number of nitrogens with one attached hydrogen (secondary N) is 1. The van der Waals surface area contributed by atoms with Gasteiger partial charge in [-0.25, -0.2) is 9.66 Å². The third kappa shape index (κ3) is 3.15. The number of benzene rings is 2. The van der Waals surface area contributed by atoms with Crippen molar-refractivity contribution in [3.63, 3.8) is 0 Å². The number of carbonyl (C=O) groups is 1. The predicted octanol–water partition coefficient (Wildman–Crippen LogP) is 2.24. The van der Waals surface area contributed by atoms with Crippen molar-refractivity contribution in [1.82, 2.24) is 9.66 Å². The van der Waals surface area contributed by atoms with E-state index >= 15 is 0 Å². The van der Waals surface area contributed by atoms with Gasteiger partial charge in [0.1, 0.15) is 19.5 Å². The molecule has 1 N–H and O–H groups in total. The van der Waals surface area contributed by atoms with Gasteiger partial charge >= 0.3 is 0 Å². The first-order chi connectivity index (χ1) is 12.6. The summed E-state index contributed by atoms with van der Waals surface area (Å²) in [5, 5.41) is 0.441. The van der Waals surface area contributed by atoms with Gasteiger partial charge in [-0.3, -0.25) is 15.0 Å². The van der Waals surface area contributed by atoms with E-state index in [9.17, 15) is 9.59 Å². The van der Waals surface area contributed by atoms with Crippen LogP contribution in [0.4, 0.5) is 0 Å². The molecule has 2 heterocycles. The third-order valence-corrected chi connectivity index (χ3v) is 4.71. The van der Waals surface area contributed by atoms with Gasteiger partial charge in [-0.15, -0.1) is 0 Å². The van der Waals surface area contributed by atoms with Gasteiger partial charge in [0.25, 0.3) is 5.56 Å². The quantitative estimate of drug-likeness (QED) is 0.709. The van der Waals surface area contributed by atoms with Gasteiger partial charge in [0.15, 0.2) is 11.5 Å². The zero-order valence-electron chi connectivity index (χ0n) is 13.6. The Bertz CT molecular complexity index is 1060. The van der Waals surface area contributed by atoms with Crippen molar-refractivity contribution in [2.45, 2.75) is 6.42 Å². The topological polar surface area (TPSA) is 82.4 Å². The summed E-state index contributed by atoms with van der Waals surface area (Å²) in [7, 11) is 0. The maximum absolute atomic E-state index is 12.4. The highest BCUT2D eigenvalue weighted by molar-refractivity contribution is 9.10. The summed E-state index contributed by atoms with van der Waals surface area (Å²) < 4.78 is 12.9. The summed E-state index contributed by atoms with van der Waals surface area (Å²) in [6, 6.07) is 10.5. The van der Waals surface area contributed by atoms with Gasteiger partial charge in [-0.05, 0) is 29.8 Å². The standard InChI is InChI=1S/C18H14BrN3O4/c19-13-9-16-15(25-5-6-26-16)7-11(13)8-17(23)21-22-10-20-14-4-2-1-3-12(14)18(22)24/h1-4,7,9-10H,5-6,8H2,(H,21,23). The molecule has 0 spiro atoms. The van der Waals surface area contributed by atoms with Gasteiger partial charge in [-0.1, -0.05) is 28.1 Å². The molecule has 1 amide bonds. The van der Waals surface area contributed by atoms with Crippen LogP contribution in [0.25, 0.3) is 10.9 Å². The molecule has 8 heteroatoms. The predicted molar refractivity (Wildman–Crippen MR) is 99.2 cm³/mol. The highest BCUT2D eigenvalue weighted by Gasteiger charge is 2.17. The zero-order valence-corrected chi connectivity index (χ0v) is 15.2. The Morgan fingerprint density at radius 3 is 2.73 bits per heavy atom. The fourth-order valence-electron chi connectivity index (χ4n) is 2.74. The van der Waals surface area contributed by atoms with Crippen LogP contribution in [-0.4, -0.2) is 28.8 Å². The zero-order chi connectivity index (χ0) is 18.1. The Hall–Kier alpha value is -2.87. The number of amides is 1. The third-order valence-electron chi connectivity index (χ3n) is 3.97. The van der Waals surface area contributed by atoms with Crippen LogP contribution in [0.2, 0.25) is 0 Å². The molecule has 0 fully saturated rings. The second-order valence-electron chi connectivity index (χ2n) is 5.74. The average molecular weight is 416 g/mol. The molecule has 0 aliphatic carbocycles. The Morgan fingerprint density at radius 2 is 1.92 bits per heavy atom. The Morgan fingerprint density at radius 1 is 1.19 bits per heavy atom. The van der Waals surface area contributed by atoms with E-state index in [1.807, 2.05) is 0 Å². The van der Waals surface area contributed by atoms with Crippen molar-refractivity contribution in [2.75, 3.05) is 18.6 Å². The molecule has 1 aliphatic heterocycles. The van der Waals surface area contributed by atoms with E-state index in [-0.39, 0.29) is 17.9 Å². The summed E-state index contributed by atoms with van der Waals surface area (Å²) in [6.45, 7) is 0.968. The lowest BCUT2D eigenvalue weighted by molar-refractivity contribution is -0.116. The fraction of sp³-hybridized carbons (Fsp3) is 0.167. The van der Waals surface area contributed by atoms with E-state index < -0.39 is 0 Å². The van der Waals surface area contributed by atoms with Crippen LogP contribution >= 0.6 is 15.9 Å².